The average Bonchev–Trinajstić information content (AvgIpc) is 3.07. The second kappa shape index (κ2) is 8.13. The Morgan fingerprint density at radius 3 is 1.68 bits per heavy atom. The van der Waals surface area contributed by atoms with Gasteiger partial charge in [-0.15, -0.1) is 0 Å². The summed E-state index contributed by atoms with van der Waals surface area (Å²) in [6.07, 6.45) is 0. The molecule has 1 aliphatic rings. The molecule has 0 saturated carbocycles. The van der Waals surface area contributed by atoms with Crippen molar-refractivity contribution in [3.8, 4) is 11.1 Å². The van der Waals surface area contributed by atoms with Gasteiger partial charge in [0.1, 0.15) is 5.69 Å². The fraction of sp³-hybridized carbons (Fsp3) is 0. The zero-order valence-corrected chi connectivity index (χ0v) is 17.8. The van der Waals surface area contributed by atoms with Gasteiger partial charge in [0.15, 0.2) is 0 Å². The van der Waals surface area contributed by atoms with Crippen LogP contribution in [0, 0.1) is 40.5 Å². The van der Waals surface area contributed by atoms with E-state index in [9.17, 15) is 40.5 Å². The molecule has 0 spiro atoms. The van der Waals surface area contributed by atoms with Crippen molar-refractivity contribution < 1.29 is 19.7 Å². The third kappa shape index (κ3) is 3.68. The van der Waals surface area contributed by atoms with Gasteiger partial charge in [0.25, 0.3) is 22.7 Å². The van der Waals surface area contributed by atoms with Crippen LogP contribution < -0.4 is 0 Å². The molecular weight excluding hydrogens is 497 g/mol. The molecule has 0 heterocycles. The van der Waals surface area contributed by atoms with E-state index in [1.165, 1.54) is 6.07 Å². The van der Waals surface area contributed by atoms with Crippen molar-refractivity contribution in [1.82, 2.24) is 0 Å². The Morgan fingerprint density at radius 1 is 0.618 bits per heavy atom. The maximum absolute atomic E-state index is 11.7. The Balaban J connectivity index is 2.10. The number of hydrogen-bond acceptors (Lipinski definition) is 9. The third-order valence-electron chi connectivity index (χ3n) is 4.94. The number of hydrogen-bond donors (Lipinski definition) is 0. The van der Waals surface area contributed by atoms with Gasteiger partial charge >= 0.3 is 0 Å². The zero-order chi connectivity index (χ0) is 24.9. The molecular formula is C19H7Cl2N5O8. The molecule has 0 unspecified atom stereocenters. The topological polar surface area (TPSA) is 185 Å². The molecule has 4 rings (SSSR count). The first kappa shape index (κ1) is 22.7. The molecule has 170 valence electrons. The lowest BCUT2D eigenvalue weighted by molar-refractivity contribution is -0.393. The molecule has 0 bridgehead atoms. The molecule has 0 amide bonds. The monoisotopic (exact) mass is 503 g/mol. The number of nitro benzene ring substituents is 4. The molecule has 0 radical (unpaired) electrons. The predicted octanol–water partition coefficient (Wildman–Crippen LogP) is 5.78. The van der Waals surface area contributed by atoms with E-state index in [1.807, 2.05) is 0 Å². The number of rotatable bonds is 5. The molecule has 15 heteroatoms. The van der Waals surface area contributed by atoms with Gasteiger partial charge in [0.05, 0.1) is 47.1 Å². The van der Waals surface area contributed by atoms with Crippen molar-refractivity contribution in [3.63, 3.8) is 0 Å². The largest absolute Gasteiger partial charge is 0.284 e. The number of benzene rings is 3. The van der Waals surface area contributed by atoms with E-state index in [4.69, 9.17) is 23.2 Å². The lowest BCUT2D eigenvalue weighted by Crippen LogP contribution is -2.02. The van der Waals surface area contributed by atoms with Crippen LogP contribution in [0.2, 0.25) is 10.0 Å². The zero-order valence-electron chi connectivity index (χ0n) is 16.3. The Hall–Kier alpha value is -4.49. The minimum Gasteiger partial charge on any atom is -0.258 e. The number of nitro groups is 4. The maximum atomic E-state index is 11.7. The summed E-state index contributed by atoms with van der Waals surface area (Å²) in [5, 5.41) is 45.0. The Morgan fingerprint density at radius 2 is 1.15 bits per heavy atom. The minimum atomic E-state index is -0.831. The highest BCUT2D eigenvalue weighted by molar-refractivity contribution is 6.40. The molecule has 0 N–H and O–H groups in total. The molecule has 0 saturated heterocycles. The highest BCUT2D eigenvalue weighted by Crippen LogP contribution is 2.47. The van der Waals surface area contributed by atoms with Crippen LogP contribution >= 0.6 is 23.2 Å². The second-order valence-electron chi connectivity index (χ2n) is 6.86. The highest BCUT2D eigenvalue weighted by atomic mass is 35.5. The van der Waals surface area contributed by atoms with Gasteiger partial charge in [-0.3, -0.25) is 40.5 Å². The van der Waals surface area contributed by atoms with Crippen LogP contribution in [0.1, 0.15) is 11.1 Å². The van der Waals surface area contributed by atoms with E-state index in [2.05, 4.69) is 4.99 Å². The summed E-state index contributed by atoms with van der Waals surface area (Å²) in [7, 11) is 0. The van der Waals surface area contributed by atoms with Crippen LogP contribution in [0.4, 0.5) is 28.4 Å². The van der Waals surface area contributed by atoms with E-state index in [-0.39, 0.29) is 49.4 Å². The number of aliphatic imine (C=N–C) groups is 1. The summed E-state index contributed by atoms with van der Waals surface area (Å²) in [6, 6.07) is 7.28. The second-order valence-corrected chi connectivity index (χ2v) is 7.68. The first-order valence-corrected chi connectivity index (χ1v) is 9.73. The van der Waals surface area contributed by atoms with E-state index in [1.54, 1.807) is 0 Å². The Kier molecular flexibility index (Phi) is 5.43. The van der Waals surface area contributed by atoms with Gasteiger partial charge in [-0.1, -0.05) is 23.2 Å². The van der Waals surface area contributed by atoms with Crippen molar-refractivity contribution in [1.29, 1.82) is 0 Å². The van der Waals surface area contributed by atoms with Crippen LogP contribution in [0.5, 0.6) is 0 Å². The van der Waals surface area contributed by atoms with E-state index < -0.39 is 36.8 Å². The molecule has 0 fully saturated rings. The molecule has 0 atom stereocenters. The van der Waals surface area contributed by atoms with Gasteiger partial charge in [0, 0.05) is 41.5 Å². The fourth-order valence-electron chi connectivity index (χ4n) is 3.53. The van der Waals surface area contributed by atoms with Crippen LogP contribution in [-0.4, -0.2) is 25.4 Å². The van der Waals surface area contributed by atoms with Gasteiger partial charge in [0.2, 0.25) is 0 Å². The van der Waals surface area contributed by atoms with Crippen molar-refractivity contribution in [2.75, 3.05) is 0 Å². The van der Waals surface area contributed by atoms with Crippen LogP contribution in [-0.2, 0) is 0 Å². The van der Waals surface area contributed by atoms with Crippen LogP contribution in [0.25, 0.3) is 11.1 Å². The van der Waals surface area contributed by atoms with E-state index >= 15 is 0 Å². The first-order valence-electron chi connectivity index (χ1n) is 8.98. The number of non-ortho nitro benzene ring substituents is 3. The van der Waals surface area contributed by atoms with E-state index in [0.29, 0.717) is 0 Å². The minimum absolute atomic E-state index is 0.0339. The summed E-state index contributed by atoms with van der Waals surface area (Å²) in [4.78, 5) is 46.8. The Bertz CT molecular complexity index is 1480. The quantitative estimate of drug-likeness (QED) is 0.242. The van der Waals surface area contributed by atoms with Crippen molar-refractivity contribution in [3.05, 3.63) is 104 Å². The fourth-order valence-corrected chi connectivity index (χ4v) is 4.09. The van der Waals surface area contributed by atoms with Gasteiger partial charge in [-0.25, -0.2) is 4.99 Å². The summed E-state index contributed by atoms with van der Waals surface area (Å²) in [5.74, 6) is 0. The van der Waals surface area contributed by atoms with Crippen molar-refractivity contribution in [2.24, 2.45) is 4.99 Å². The SMILES string of the molecule is O=[N+]([O-])c1cc(Cl)c(N=C2c3cc([N+](=O)[O-])ccc3-c3c2cc([N+](=O)[O-])cc3[N+](=O)[O-])c(Cl)c1. The number of halogens is 2. The third-order valence-corrected chi connectivity index (χ3v) is 5.52. The smallest absolute Gasteiger partial charge is 0.258 e. The van der Waals surface area contributed by atoms with Crippen LogP contribution in [0.3, 0.4) is 0 Å². The Labute approximate surface area is 197 Å². The predicted molar refractivity (Wildman–Crippen MR) is 120 cm³/mol. The molecule has 3 aromatic carbocycles. The number of fused-ring (bicyclic) bond motifs is 3. The number of nitrogens with zero attached hydrogens (tertiary/aromatic N) is 5. The first-order chi connectivity index (χ1) is 16.0. The molecule has 13 nitrogen and oxygen atoms in total. The average molecular weight is 504 g/mol. The summed E-state index contributed by atoms with van der Waals surface area (Å²) < 4.78 is 0. The molecule has 0 aromatic heterocycles. The highest BCUT2D eigenvalue weighted by Gasteiger charge is 2.36. The van der Waals surface area contributed by atoms with Gasteiger partial charge in [-0.2, -0.15) is 0 Å². The molecule has 0 aliphatic heterocycles. The van der Waals surface area contributed by atoms with Crippen LogP contribution in [0.15, 0.2) is 47.5 Å². The standard InChI is InChI=1S/C19H7Cl2N5O8/c20-14-5-10(25(31)32)6-15(21)19(14)22-18-12-3-8(23(27)28)1-2-11(12)17-13(18)4-9(24(29)30)7-16(17)26(33)34/h1-7H. The normalized spacial score (nSPS) is 12.8. The summed E-state index contributed by atoms with van der Waals surface area (Å²) in [6.45, 7) is 0. The molecule has 3 aromatic rings. The lowest BCUT2D eigenvalue weighted by atomic mass is 10.0. The molecule has 1 aliphatic carbocycles. The van der Waals surface area contributed by atoms with Crippen molar-refractivity contribution in [2.45, 2.75) is 0 Å². The van der Waals surface area contributed by atoms with Gasteiger partial charge in [-0.05, 0) is 11.6 Å². The summed E-state index contributed by atoms with van der Waals surface area (Å²) >= 11 is 12.3. The van der Waals surface area contributed by atoms with E-state index in [0.717, 1.165) is 36.4 Å². The van der Waals surface area contributed by atoms with Gasteiger partial charge < -0.3 is 0 Å². The van der Waals surface area contributed by atoms with Crippen molar-refractivity contribution >= 4 is 57.4 Å². The summed E-state index contributed by atoms with van der Waals surface area (Å²) in [5.41, 5.74) is -2.12. The lowest BCUT2D eigenvalue weighted by Gasteiger charge is -2.06. The molecule has 34 heavy (non-hydrogen) atoms. The maximum Gasteiger partial charge on any atom is 0.284 e.